The van der Waals surface area contributed by atoms with Gasteiger partial charge >= 0.3 is 0 Å². The van der Waals surface area contributed by atoms with E-state index in [1.165, 1.54) is 13.4 Å². The predicted octanol–water partition coefficient (Wildman–Crippen LogP) is 4.66. The molecular formula is C24H27NO5. The smallest absolute Gasteiger partial charge is 0.296 e. The maximum Gasteiger partial charge on any atom is 0.296 e. The van der Waals surface area contributed by atoms with E-state index in [4.69, 9.17) is 9.15 Å². The van der Waals surface area contributed by atoms with E-state index in [9.17, 15) is 14.7 Å². The summed E-state index contributed by atoms with van der Waals surface area (Å²) in [7, 11) is 1.53. The number of ketones is 1. The largest absolute Gasteiger partial charge is 0.507 e. The van der Waals surface area contributed by atoms with Crippen LogP contribution in [0.2, 0.25) is 0 Å². The normalized spacial score (nSPS) is 22.0. The molecule has 2 heterocycles. The number of nitrogens with zero attached hydrogens (tertiary/aromatic N) is 1. The number of likely N-dealkylation sites (tertiary alicyclic amines) is 1. The monoisotopic (exact) mass is 409 g/mol. The summed E-state index contributed by atoms with van der Waals surface area (Å²) in [5.41, 5.74) is 2.23. The summed E-state index contributed by atoms with van der Waals surface area (Å²) in [6.07, 6.45) is 6.38. The molecule has 2 aliphatic rings. The van der Waals surface area contributed by atoms with Crippen LogP contribution >= 0.6 is 0 Å². The van der Waals surface area contributed by atoms with Crippen LogP contribution in [0, 0.1) is 13.8 Å². The lowest BCUT2D eigenvalue weighted by Gasteiger charge is -2.34. The van der Waals surface area contributed by atoms with Crippen LogP contribution in [0.15, 0.2) is 40.5 Å². The highest BCUT2D eigenvalue weighted by molar-refractivity contribution is 6.46. The van der Waals surface area contributed by atoms with Crippen molar-refractivity contribution in [3.63, 3.8) is 0 Å². The van der Waals surface area contributed by atoms with Crippen molar-refractivity contribution in [2.24, 2.45) is 0 Å². The van der Waals surface area contributed by atoms with Crippen molar-refractivity contribution in [1.29, 1.82) is 0 Å². The maximum absolute atomic E-state index is 13.2. The van der Waals surface area contributed by atoms with Gasteiger partial charge in [0.2, 0.25) is 0 Å². The van der Waals surface area contributed by atoms with Gasteiger partial charge in [0.25, 0.3) is 11.7 Å². The van der Waals surface area contributed by atoms with E-state index < -0.39 is 17.7 Å². The van der Waals surface area contributed by atoms with Gasteiger partial charge in [-0.05, 0) is 56.0 Å². The van der Waals surface area contributed by atoms with Crippen molar-refractivity contribution < 1.29 is 23.8 Å². The lowest BCUT2D eigenvalue weighted by molar-refractivity contribution is -0.142. The number of aliphatic hydroxyl groups excluding tert-OH is 1. The standard InChI is InChI=1S/C24H27NO5/c1-14-12-15(2)23(29-3)17(13-14)21(26)19-20(18-10-7-11-30-18)25(24(28)22(19)27)16-8-5-4-6-9-16/h7,10-13,16,20,26H,4-6,8-9H2,1-3H3/b21-19-. The van der Waals surface area contributed by atoms with Crippen LogP contribution in [0.25, 0.3) is 5.76 Å². The zero-order valence-corrected chi connectivity index (χ0v) is 17.6. The minimum Gasteiger partial charge on any atom is -0.507 e. The average molecular weight is 409 g/mol. The summed E-state index contributed by atoms with van der Waals surface area (Å²) in [6.45, 7) is 3.79. The molecular weight excluding hydrogens is 382 g/mol. The Hall–Kier alpha value is -3.02. The van der Waals surface area contributed by atoms with Gasteiger partial charge in [0.05, 0.1) is 24.5 Å². The molecule has 1 aromatic heterocycles. The average Bonchev–Trinajstić information content (AvgIpc) is 3.35. The highest BCUT2D eigenvalue weighted by Gasteiger charge is 2.50. The highest BCUT2D eigenvalue weighted by atomic mass is 16.5. The van der Waals surface area contributed by atoms with Crippen LogP contribution in [0.3, 0.4) is 0 Å². The molecule has 0 bridgehead atoms. The number of carbonyl (C=O) groups is 2. The Morgan fingerprint density at radius 1 is 1.17 bits per heavy atom. The molecule has 158 valence electrons. The SMILES string of the molecule is COc1c(C)cc(C)cc1/C(O)=C1/C(=O)C(=O)N(C2CCCCC2)C1c1ccco1. The summed E-state index contributed by atoms with van der Waals surface area (Å²) in [6, 6.07) is 6.41. The molecule has 4 rings (SSSR count). The van der Waals surface area contributed by atoms with Crippen LogP contribution < -0.4 is 4.74 Å². The lowest BCUT2D eigenvalue weighted by Crippen LogP contribution is -2.40. The molecule has 1 saturated heterocycles. The fourth-order valence-corrected chi connectivity index (χ4v) is 4.86. The van der Waals surface area contributed by atoms with E-state index in [1.807, 2.05) is 19.9 Å². The van der Waals surface area contributed by atoms with E-state index in [0.29, 0.717) is 17.1 Å². The van der Waals surface area contributed by atoms with E-state index in [0.717, 1.165) is 43.2 Å². The Labute approximate surface area is 176 Å². The third kappa shape index (κ3) is 3.30. The zero-order chi connectivity index (χ0) is 21.4. The summed E-state index contributed by atoms with van der Waals surface area (Å²) < 4.78 is 11.1. The number of Topliss-reactive ketones (excluding diaryl/α,β-unsaturated/α-hetero) is 1. The lowest BCUT2D eigenvalue weighted by atomic mass is 9.92. The Morgan fingerprint density at radius 3 is 2.53 bits per heavy atom. The Kier molecular flexibility index (Phi) is 5.41. The number of aryl methyl sites for hydroxylation is 2. The van der Waals surface area contributed by atoms with Crippen molar-refractivity contribution in [1.82, 2.24) is 4.90 Å². The van der Waals surface area contributed by atoms with Crippen LogP contribution in [-0.2, 0) is 9.59 Å². The van der Waals surface area contributed by atoms with Crippen molar-refractivity contribution in [2.75, 3.05) is 7.11 Å². The second-order valence-corrected chi connectivity index (χ2v) is 8.18. The van der Waals surface area contributed by atoms with Gasteiger partial charge in [-0.2, -0.15) is 0 Å². The number of carbonyl (C=O) groups excluding carboxylic acids is 2. The van der Waals surface area contributed by atoms with Gasteiger partial charge in [0.15, 0.2) is 0 Å². The number of benzene rings is 1. The van der Waals surface area contributed by atoms with Gasteiger partial charge in [-0.25, -0.2) is 0 Å². The number of hydrogen-bond donors (Lipinski definition) is 1. The molecule has 30 heavy (non-hydrogen) atoms. The second kappa shape index (κ2) is 8.01. The first-order valence-corrected chi connectivity index (χ1v) is 10.4. The van der Waals surface area contributed by atoms with Gasteiger partial charge in [0, 0.05) is 6.04 Å². The molecule has 1 N–H and O–H groups in total. The molecule has 1 aliphatic heterocycles. The summed E-state index contributed by atoms with van der Waals surface area (Å²) in [4.78, 5) is 27.9. The Bertz CT molecular complexity index is 999. The maximum atomic E-state index is 13.2. The number of ether oxygens (including phenoxy) is 1. The number of rotatable bonds is 4. The second-order valence-electron chi connectivity index (χ2n) is 8.18. The minimum absolute atomic E-state index is 0.0447. The number of furan rings is 1. The third-order valence-corrected chi connectivity index (χ3v) is 6.14. The van der Waals surface area contributed by atoms with Crippen LogP contribution in [0.5, 0.6) is 5.75 Å². The molecule has 0 spiro atoms. The van der Waals surface area contributed by atoms with Gasteiger partial charge in [-0.1, -0.05) is 25.3 Å². The Morgan fingerprint density at radius 2 is 1.90 bits per heavy atom. The predicted molar refractivity (Wildman–Crippen MR) is 112 cm³/mol. The van der Waals surface area contributed by atoms with E-state index in [2.05, 4.69) is 0 Å². The van der Waals surface area contributed by atoms with Gasteiger partial charge in [-0.15, -0.1) is 0 Å². The summed E-state index contributed by atoms with van der Waals surface area (Å²) in [5.74, 6) is -0.518. The molecule has 0 radical (unpaired) electrons. The van der Waals surface area contributed by atoms with Crippen LogP contribution in [0.1, 0.15) is 60.6 Å². The number of hydrogen-bond acceptors (Lipinski definition) is 5. The fraction of sp³-hybridized carbons (Fsp3) is 0.417. The molecule has 2 aromatic rings. The molecule has 1 unspecified atom stereocenters. The first kappa shape index (κ1) is 20.3. The molecule has 2 fully saturated rings. The third-order valence-electron chi connectivity index (χ3n) is 6.14. The molecule has 1 aromatic carbocycles. The Balaban J connectivity index is 1.91. The first-order chi connectivity index (χ1) is 14.4. The van der Waals surface area contributed by atoms with E-state index in [-0.39, 0.29) is 17.4 Å². The van der Waals surface area contributed by atoms with Gasteiger partial charge < -0.3 is 19.2 Å². The van der Waals surface area contributed by atoms with Crippen LogP contribution in [0.4, 0.5) is 0 Å². The molecule has 1 aliphatic carbocycles. The number of amides is 1. The van der Waals surface area contributed by atoms with Gasteiger partial charge in [-0.3, -0.25) is 9.59 Å². The van der Waals surface area contributed by atoms with Crippen LogP contribution in [-0.4, -0.2) is 34.8 Å². The molecule has 1 atom stereocenters. The first-order valence-electron chi connectivity index (χ1n) is 10.4. The quantitative estimate of drug-likeness (QED) is 0.451. The number of aliphatic hydroxyl groups is 1. The van der Waals surface area contributed by atoms with Crippen molar-refractivity contribution in [3.05, 3.63) is 58.6 Å². The highest BCUT2D eigenvalue weighted by Crippen LogP contribution is 2.44. The number of methoxy groups -OCH3 is 1. The molecule has 1 amide bonds. The topological polar surface area (TPSA) is 80.0 Å². The summed E-state index contributed by atoms with van der Waals surface area (Å²) in [5, 5.41) is 11.3. The van der Waals surface area contributed by atoms with E-state index >= 15 is 0 Å². The molecule has 6 nitrogen and oxygen atoms in total. The van der Waals surface area contributed by atoms with Crippen molar-refractivity contribution in [2.45, 2.75) is 58.0 Å². The van der Waals surface area contributed by atoms with E-state index in [1.54, 1.807) is 23.1 Å². The fourth-order valence-electron chi connectivity index (χ4n) is 4.86. The summed E-state index contributed by atoms with van der Waals surface area (Å²) >= 11 is 0. The van der Waals surface area contributed by atoms with Crippen molar-refractivity contribution in [3.8, 4) is 5.75 Å². The molecule has 6 heteroatoms. The van der Waals surface area contributed by atoms with Crippen molar-refractivity contribution >= 4 is 17.4 Å². The zero-order valence-electron chi connectivity index (χ0n) is 17.6. The minimum atomic E-state index is -0.742. The van der Waals surface area contributed by atoms with Gasteiger partial charge in [0.1, 0.15) is 23.3 Å². The molecule has 1 saturated carbocycles.